The normalized spacial score (nSPS) is 11.7. The van der Waals surface area contributed by atoms with Gasteiger partial charge in [0.05, 0.1) is 5.84 Å². The van der Waals surface area contributed by atoms with E-state index in [0.717, 1.165) is 12.1 Å². The summed E-state index contributed by atoms with van der Waals surface area (Å²) in [5.74, 6) is -4.35. The molecule has 0 saturated heterocycles. The van der Waals surface area contributed by atoms with Gasteiger partial charge in [-0.25, -0.2) is 9.59 Å². The Morgan fingerprint density at radius 1 is 0.870 bits per heavy atom. The smallest absolute Gasteiger partial charge is 0.371 e. The number of aromatic carboxylic acids is 2. The van der Waals surface area contributed by atoms with Gasteiger partial charge >= 0.3 is 17.9 Å². The van der Waals surface area contributed by atoms with Crippen molar-refractivity contribution in [1.82, 2.24) is 5.32 Å². The highest BCUT2D eigenvalue weighted by atomic mass is 16.6. The summed E-state index contributed by atoms with van der Waals surface area (Å²) in [7, 11) is 0. The highest BCUT2D eigenvalue weighted by Crippen LogP contribution is 2.26. The summed E-state index contributed by atoms with van der Waals surface area (Å²) < 4.78 is 27.9. The predicted molar refractivity (Wildman–Crippen MR) is 163 cm³/mol. The third-order valence-electron chi connectivity index (χ3n) is 6.62. The number of ether oxygens (including phenoxy) is 3. The molecule has 0 unspecified atom stereocenters. The predicted octanol–water partition coefficient (Wildman–Crippen LogP) is 2.75. The molecule has 0 bridgehead atoms. The number of carboxylic acid groups (broad SMARTS) is 2. The van der Waals surface area contributed by atoms with Crippen molar-refractivity contribution in [2.45, 2.75) is 38.3 Å². The largest absolute Gasteiger partial charge is 0.489 e. The minimum Gasteiger partial charge on any atom is -0.489 e. The Balaban J connectivity index is 1.55. The first kappa shape index (κ1) is 33.2. The number of hydrogen-bond donors (Lipinski definition) is 5. The first-order valence-electron chi connectivity index (χ1n) is 14.1. The fraction of sp³-hybridized carbons (Fsp3) is 0.290. The lowest BCUT2D eigenvalue weighted by Crippen LogP contribution is -2.39. The van der Waals surface area contributed by atoms with E-state index in [4.69, 9.17) is 34.2 Å². The molecular weight excluding hydrogens is 606 g/mol. The van der Waals surface area contributed by atoms with Crippen molar-refractivity contribution in [2.24, 2.45) is 5.73 Å². The highest BCUT2D eigenvalue weighted by Gasteiger charge is 2.24. The minimum atomic E-state index is -1.42. The van der Waals surface area contributed by atoms with Crippen molar-refractivity contribution in [1.29, 1.82) is 5.41 Å². The van der Waals surface area contributed by atoms with E-state index in [2.05, 4.69) is 5.32 Å². The Morgan fingerprint density at radius 2 is 1.37 bits per heavy atom. The summed E-state index contributed by atoms with van der Waals surface area (Å²) in [4.78, 5) is 61.0. The van der Waals surface area contributed by atoms with Gasteiger partial charge in [-0.15, -0.1) is 0 Å². The number of esters is 1. The van der Waals surface area contributed by atoms with E-state index in [1.165, 1.54) is 36.4 Å². The van der Waals surface area contributed by atoms with E-state index in [-0.39, 0.29) is 46.7 Å². The molecule has 0 radical (unpaired) electrons. The van der Waals surface area contributed by atoms with E-state index in [1.54, 1.807) is 6.92 Å². The standard InChI is InChI=1S/C31H31N3O12/c1-16(32)34-11-3-2-6-18(33)31(41)44-17(14-42-21-7-4-9-23-27(21)19(35)12-25(45-23)29(37)38)15-43-22-8-5-10-24-28(22)20(36)13-26(46-24)30(39)40/h4-5,7-10,12-13,17-18H,2-3,6,11,14-15,33H2,1H3,(H2,32,34)(H,37,38)(H,39,40)/t18-/m0/s1. The summed E-state index contributed by atoms with van der Waals surface area (Å²) in [6.07, 6.45) is 0.385. The third-order valence-corrected chi connectivity index (χ3v) is 6.62. The summed E-state index contributed by atoms with van der Waals surface area (Å²) in [6, 6.07) is 9.30. The Labute approximate surface area is 260 Å². The molecule has 0 amide bonds. The third kappa shape index (κ3) is 8.26. The molecule has 1 atom stereocenters. The number of hydrogen-bond acceptors (Lipinski definition) is 12. The molecule has 0 aliphatic heterocycles. The number of benzene rings is 2. The molecule has 2 heterocycles. The highest BCUT2D eigenvalue weighted by molar-refractivity contribution is 5.90. The molecule has 0 saturated carbocycles. The van der Waals surface area contributed by atoms with Crippen molar-refractivity contribution < 1.29 is 47.6 Å². The number of carboxylic acids is 2. The van der Waals surface area contributed by atoms with E-state index in [1.807, 2.05) is 0 Å². The number of carbonyl (C=O) groups is 3. The maximum atomic E-state index is 12.9. The molecule has 15 heteroatoms. The van der Waals surface area contributed by atoms with Crippen LogP contribution in [-0.4, -0.2) is 65.9 Å². The van der Waals surface area contributed by atoms with Gasteiger partial charge in [-0.1, -0.05) is 12.1 Å². The van der Waals surface area contributed by atoms with Crippen molar-refractivity contribution in [3.63, 3.8) is 0 Å². The van der Waals surface area contributed by atoms with Crippen LogP contribution in [0.2, 0.25) is 0 Å². The Hall–Kier alpha value is -5.70. The zero-order chi connectivity index (χ0) is 33.4. The van der Waals surface area contributed by atoms with Gasteiger partial charge in [0.25, 0.3) is 0 Å². The van der Waals surface area contributed by atoms with Crippen LogP contribution in [0.3, 0.4) is 0 Å². The molecule has 0 aliphatic carbocycles. The maximum Gasteiger partial charge on any atom is 0.371 e. The number of rotatable bonds is 15. The van der Waals surface area contributed by atoms with Crippen molar-refractivity contribution in [3.05, 3.63) is 80.5 Å². The molecule has 0 fully saturated rings. The van der Waals surface area contributed by atoms with Crippen LogP contribution in [0, 0.1) is 5.41 Å². The Morgan fingerprint density at radius 3 is 1.83 bits per heavy atom. The van der Waals surface area contributed by atoms with Crippen LogP contribution in [0.5, 0.6) is 11.5 Å². The topological polar surface area (TPSA) is 242 Å². The number of nitrogens with one attached hydrogen (secondary N) is 2. The maximum absolute atomic E-state index is 12.9. The van der Waals surface area contributed by atoms with Crippen LogP contribution < -0.4 is 31.4 Å². The van der Waals surface area contributed by atoms with Crippen LogP contribution in [0.15, 0.2) is 67.0 Å². The summed E-state index contributed by atoms with van der Waals surface area (Å²) in [5, 5.41) is 28.6. The van der Waals surface area contributed by atoms with E-state index >= 15 is 0 Å². The fourth-order valence-corrected chi connectivity index (χ4v) is 4.42. The van der Waals surface area contributed by atoms with Gasteiger partial charge in [-0.3, -0.25) is 19.8 Å². The molecule has 242 valence electrons. The van der Waals surface area contributed by atoms with Crippen molar-refractivity contribution >= 4 is 45.7 Å². The van der Waals surface area contributed by atoms with Crippen LogP contribution in [0.1, 0.15) is 47.3 Å². The minimum absolute atomic E-state index is 0.0227. The van der Waals surface area contributed by atoms with Gasteiger partial charge in [0.1, 0.15) is 52.7 Å². The van der Waals surface area contributed by atoms with Crippen molar-refractivity contribution in [3.8, 4) is 11.5 Å². The Kier molecular flexibility index (Phi) is 10.7. The molecule has 2 aromatic heterocycles. The lowest BCUT2D eigenvalue weighted by molar-refractivity contribution is -0.154. The molecule has 4 aromatic rings. The van der Waals surface area contributed by atoms with Crippen LogP contribution >= 0.6 is 0 Å². The second-order valence-electron chi connectivity index (χ2n) is 10.2. The number of unbranched alkanes of at least 4 members (excludes halogenated alkanes) is 1. The van der Waals surface area contributed by atoms with Crippen LogP contribution in [0.25, 0.3) is 21.9 Å². The summed E-state index contributed by atoms with van der Waals surface area (Å²) >= 11 is 0. The Bertz CT molecular complexity index is 1780. The quantitative estimate of drug-likeness (QED) is 0.0545. The lowest BCUT2D eigenvalue weighted by atomic mass is 10.1. The zero-order valence-corrected chi connectivity index (χ0v) is 24.6. The van der Waals surface area contributed by atoms with Gasteiger partial charge in [-0.2, -0.15) is 0 Å². The molecule has 15 nitrogen and oxygen atoms in total. The molecule has 0 spiro atoms. The van der Waals surface area contributed by atoms with E-state index < -0.39 is 52.4 Å². The molecule has 4 rings (SSSR count). The second-order valence-corrected chi connectivity index (χ2v) is 10.2. The van der Waals surface area contributed by atoms with Gasteiger partial charge in [0.15, 0.2) is 17.0 Å². The SMILES string of the molecule is CC(=N)NCCCC[C@H](N)C(=O)OC(COc1cccc2oc(C(=O)O)cc(=O)c12)COc1cccc2oc(C(=O)O)cc(=O)c12. The molecule has 6 N–H and O–H groups in total. The monoisotopic (exact) mass is 637 g/mol. The van der Waals surface area contributed by atoms with Gasteiger partial charge < -0.3 is 44.3 Å². The van der Waals surface area contributed by atoms with Crippen LogP contribution in [-0.2, 0) is 9.53 Å². The number of nitrogens with two attached hydrogens (primary N) is 1. The first-order valence-corrected chi connectivity index (χ1v) is 14.1. The molecular formula is C31H31N3O12. The average Bonchev–Trinajstić information content (AvgIpc) is 3.01. The van der Waals surface area contributed by atoms with Crippen molar-refractivity contribution in [2.75, 3.05) is 19.8 Å². The fourth-order valence-electron chi connectivity index (χ4n) is 4.42. The molecule has 46 heavy (non-hydrogen) atoms. The van der Waals surface area contributed by atoms with Crippen LogP contribution in [0.4, 0.5) is 0 Å². The number of fused-ring (bicyclic) bond motifs is 2. The molecule has 2 aromatic carbocycles. The van der Waals surface area contributed by atoms with Gasteiger partial charge in [0.2, 0.25) is 11.5 Å². The number of carbonyl (C=O) groups excluding carboxylic acids is 1. The average molecular weight is 638 g/mol. The van der Waals surface area contributed by atoms with E-state index in [9.17, 15) is 34.2 Å². The first-order chi connectivity index (χ1) is 21.9. The second kappa shape index (κ2) is 14.9. The van der Waals surface area contributed by atoms with Gasteiger partial charge in [0, 0.05) is 18.7 Å². The summed E-state index contributed by atoms with van der Waals surface area (Å²) in [6.45, 7) is 1.44. The van der Waals surface area contributed by atoms with E-state index in [0.29, 0.717) is 31.6 Å². The number of amidine groups is 1. The van der Waals surface area contributed by atoms with Gasteiger partial charge in [-0.05, 0) is 50.5 Å². The lowest BCUT2D eigenvalue weighted by Gasteiger charge is -2.21. The zero-order valence-electron chi connectivity index (χ0n) is 24.6. The molecule has 0 aliphatic rings. The summed E-state index contributed by atoms with van der Waals surface area (Å²) in [5.41, 5.74) is 4.65.